The van der Waals surface area contributed by atoms with E-state index in [0.717, 1.165) is 44.6 Å². The van der Waals surface area contributed by atoms with Crippen molar-refractivity contribution in [3.05, 3.63) is 75.2 Å². The van der Waals surface area contributed by atoms with E-state index >= 15 is 0 Å². The quantitative estimate of drug-likeness (QED) is 0.125. The number of nitrogens with zero attached hydrogens (tertiary/aromatic N) is 2. The number of ether oxygens (including phenoxy) is 1. The molecule has 2 N–H and O–H groups in total. The highest BCUT2D eigenvalue weighted by Gasteiger charge is 2.29. The van der Waals surface area contributed by atoms with Crippen LogP contribution >= 0.6 is 43.6 Å². The molecule has 37 heavy (non-hydrogen) atoms. The van der Waals surface area contributed by atoms with Crippen LogP contribution < -0.4 is 5.32 Å². The molecule has 1 aromatic carbocycles. The summed E-state index contributed by atoms with van der Waals surface area (Å²) in [6, 6.07) is 13.3. The molecule has 0 bridgehead atoms. The molecule has 2 aromatic heterocycles. The fourth-order valence-corrected chi connectivity index (χ4v) is 6.60. The molecular formula is C27H34Br2N4O2SSi. The van der Waals surface area contributed by atoms with Gasteiger partial charge in [-0.05, 0) is 74.9 Å². The van der Waals surface area contributed by atoms with E-state index in [1.165, 1.54) is 5.69 Å². The van der Waals surface area contributed by atoms with Crippen LogP contribution in [-0.4, -0.2) is 41.7 Å². The van der Waals surface area contributed by atoms with Gasteiger partial charge >= 0.3 is 0 Å². The van der Waals surface area contributed by atoms with E-state index < -0.39 is 8.07 Å². The number of carbonyl (C=O) groups excluding carboxylic acids is 1. The predicted molar refractivity (Wildman–Crippen MR) is 160 cm³/mol. The molecule has 1 aliphatic carbocycles. The number of halogens is 2. The molecule has 0 unspecified atom stereocenters. The summed E-state index contributed by atoms with van der Waals surface area (Å²) in [5.74, 6) is 0.400. The normalized spacial score (nSPS) is 17.8. The maximum Gasteiger partial charge on any atom is 0.267 e. The van der Waals surface area contributed by atoms with E-state index in [-0.39, 0.29) is 17.7 Å². The zero-order chi connectivity index (χ0) is 26.4. The maximum atomic E-state index is 12.8. The summed E-state index contributed by atoms with van der Waals surface area (Å²) in [4.78, 5) is 21.8. The average molecular weight is 667 g/mol. The van der Waals surface area contributed by atoms with Gasteiger partial charge in [-0.3, -0.25) is 9.36 Å². The molecule has 0 spiro atoms. The number of carbonyl (C=O) groups is 1. The van der Waals surface area contributed by atoms with Gasteiger partial charge in [-0.25, -0.2) is 4.98 Å². The fraction of sp³-hybridized carbons (Fsp3) is 0.407. The minimum Gasteiger partial charge on any atom is -0.361 e. The Labute approximate surface area is 241 Å². The van der Waals surface area contributed by atoms with E-state index in [4.69, 9.17) is 9.72 Å². The lowest BCUT2D eigenvalue weighted by molar-refractivity contribution is 0.0774. The zero-order valence-corrected chi connectivity index (χ0v) is 26.5. The second-order valence-corrected chi connectivity index (χ2v) is 18.8. The van der Waals surface area contributed by atoms with Crippen molar-refractivity contribution in [1.29, 1.82) is 0 Å². The Morgan fingerprint density at radius 2 is 1.97 bits per heavy atom. The molecule has 4 rings (SSSR count). The molecule has 10 heteroatoms. The molecule has 3 aromatic rings. The largest absolute Gasteiger partial charge is 0.361 e. The van der Waals surface area contributed by atoms with E-state index in [1.54, 1.807) is 17.8 Å². The van der Waals surface area contributed by atoms with Crippen LogP contribution in [0.5, 0.6) is 0 Å². The van der Waals surface area contributed by atoms with Gasteiger partial charge in [-0.2, -0.15) is 0 Å². The molecule has 0 fully saturated rings. The van der Waals surface area contributed by atoms with Crippen LogP contribution in [0.4, 0.5) is 0 Å². The second kappa shape index (κ2) is 13.0. The van der Waals surface area contributed by atoms with E-state index in [2.05, 4.69) is 90.7 Å². The summed E-state index contributed by atoms with van der Waals surface area (Å²) < 4.78 is 10.0. The van der Waals surface area contributed by atoms with Crippen molar-refractivity contribution >= 4 is 57.6 Å². The number of rotatable bonds is 11. The van der Waals surface area contributed by atoms with Crippen molar-refractivity contribution in [1.82, 2.24) is 19.9 Å². The first-order chi connectivity index (χ1) is 17.7. The lowest BCUT2D eigenvalue weighted by Gasteiger charge is -2.29. The van der Waals surface area contributed by atoms with Crippen LogP contribution in [0.3, 0.4) is 0 Å². The number of allylic oxidation sites excluding steroid dienone is 2. The van der Waals surface area contributed by atoms with Crippen molar-refractivity contribution in [2.75, 3.05) is 13.2 Å². The van der Waals surface area contributed by atoms with Crippen molar-refractivity contribution in [2.24, 2.45) is 5.92 Å². The highest BCUT2D eigenvalue weighted by atomic mass is 79.9. The Balaban J connectivity index is 1.51. The summed E-state index contributed by atoms with van der Waals surface area (Å²) in [7, 11) is -1.18. The molecule has 0 aliphatic heterocycles. The van der Waals surface area contributed by atoms with Gasteiger partial charge in [0, 0.05) is 43.9 Å². The number of benzene rings is 1. The lowest BCUT2D eigenvalue weighted by atomic mass is 9.81. The number of aromatic nitrogens is 3. The number of aromatic amines is 1. The van der Waals surface area contributed by atoms with Crippen molar-refractivity contribution in [3.63, 3.8) is 0 Å². The maximum absolute atomic E-state index is 12.8. The van der Waals surface area contributed by atoms with Crippen LogP contribution in [-0.2, 0) is 11.5 Å². The number of H-pyrrole nitrogens is 1. The van der Waals surface area contributed by atoms with Crippen LogP contribution in [0.1, 0.15) is 34.9 Å². The minimum atomic E-state index is -1.18. The molecule has 2 atom stereocenters. The zero-order valence-electron chi connectivity index (χ0n) is 21.5. The summed E-state index contributed by atoms with van der Waals surface area (Å²) in [6.07, 6.45) is 8.29. The topological polar surface area (TPSA) is 71.9 Å². The van der Waals surface area contributed by atoms with Gasteiger partial charge in [0.15, 0.2) is 5.16 Å². The Bertz CT molecular complexity index is 1200. The number of hydrogen-bond acceptors (Lipinski definition) is 4. The molecule has 0 saturated carbocycles. The van der Waals surface area contributed by atoms with Gasteiger partial charge in [-0.15, -0.1) is 0 Å². The third-order valence-electron chi connectivity index (χ3n) is 6.46. The van der Waals surface area contributed by atoms with Crippen LogP contribution in [0.25, 0.3) is 0 Å². The highest BCUT2D eigenvalue weighted by Crippen LogP contribution is 2.37. The summed E-state index contributed by atoms with van der Waals surface area (Å²) in [6.45, 7) is 8.94. The standard InChI is InChI=1S/C27H34Br2N4O2SSi/c1-37(2,3)14-13-35-18-33-24(17-31-27(33)36-20-10-5-4-6-11-20)21-12-8-7-9-19(21)16-30-26(34)23-15-22(28)25(29)32-23/h4-8,10-11,15,17,19,21,32H,9,12-14,16,18H2,1-3H3,(H,30,34)/t19-,21+/m1/s1. The number of nitrogens with one attached hydrogen (secondary N) is 2. The van der Waals surface area contributed by atoms with Crippen molar-refractivity contribution < 1.29 is 9.53 Å². The molecular weight excluding hydrogens is 632 g/mol. The molecule has 2 heterocycles. The molecule has 1 amide bonds. The summed E-state index contributed by atoms with van der Waals surface area (Å²) in [5.41, 5.74) is 1.70. The van der Waals surface area contributed by atoms with E-state index in [9.17, 15) is 4.79 Å². The van der Waals surface area contributed by atoms with Gasteiger partial charge in [0.05, 0.1) is 9.08 Å². The molecule has 6 nitrogen and oxygen atoms in total. The Hall–Kier alpha value is -1.59. The first-order valence-corrected chi connectivity index (χ1v) is 18.7. The van der Waals surface area contributed by atoms with Gasteiger partial charge in [0.2, 0.25) is 0 Å². The van der Waals surface area contributed by atoms with Crippen molar-refractivity contribution in [2.45, 2.75) is 61.2 Å². The first-order valence-electron chi connectivity index (χ1n) is 12.5. The predicted octanol–water partition coefficient (Wildman–Crippen LogP) is 7.68. The third kappa shape index (κ3) is 7.95. The van der Waals surface area contributed by atoms with Gasteiger partial charge in [0.1, 0.15) is 12.4 Å². The van der Waals surface area contributed by atoms with Gasteiger partial charge < -0.3 is 15.0 Å². The molecule has 1 aliphatic rings. The van der Waals surface area contributed by atoms with Crippen LogP contribution in [0, 0.1) is 5.92 Å². The second-order valence-electron chi connectivity index (χ2n) is 10.5. The van der Waals surface area contributed by atoms with Crippen LogP contribution in [0.15, 0.2) is 73.9 Å². The Morgan fingerprint density at radius 1 is 1.22 bits per heavy atom. The summed E-state index contributed by atoms with van der Waals surface area (Å²) >= 11 is 8.51. The van der Waals surface area contributed by atoms with Gasteiger partial charge in [-0.1, -0.05) is 61.8 Å². The monoisotopic (exact) mass is 664 g/mol. The minimum absolute atomic E-state index is 0.108. The highest BCUT2D eigenvalue weighted by molar-refractivity contribution is 9.13. The number of imidazole rings is 1. The van der Waals surface area contributed by atoms with Gasteiger partial charge in [0.25, 0.3) is 5.91 Å². The van der Waals surface area contributed by atoms with Crippen LogP contribution in [0.2, 0.25) is 25.7 Å². The molecule has 0 saturated heterocycles. The Kier molecular flexibility index (Phi) is 9.96. The first kappa shape index (κ1) is 28.4. The smallest absolute Gasteiger partial charge is 0.267 e. The lowest BCUT2D eigenvalue weighted by Crippen LogP contribution is -2.33. The van der Waals surface area contributed by atoms with E-state index in [0.29, 0.717) is 19.0 Å². The third-order valence-corrected chi connectivity index (χ3v) is 11.0. The summed E-state index contributed by atoms with van der Waals surface area (Å²) in [5, 5.41) is 4.07. The number of hydrogen-bond donors (Lipinski definition) is 2. The molecule has 0 radical (unpaired) electrons. The molecule has 198 valence electrons. The number of amides is 1. The fourth-order valence-electron chi connectivity index (χ4n) is 4.31. The SMILES string of the molecule is C[Si](C)(C)CCOCn1c([C@H]2CC=CC[C@@H]2CNC(=O)c2cc(Br)c(Br)[nH]2)cnc1Sc1ccccc1. The average Bonchev–Trinajstić information content (AvgIpc) is 3.42. The van der Waals surface area contributed by atoms with E-state index in [1.807, 2.05) is 24.4 Å². The van der Waals surface area contributed by atoms with Crippen molar-refractivity contribution in [3.8, 4) is 0 Å². The Morgan fingerprint density at radius 3 is 2.68 bits per heavy atom.